The van der Waals surface area contributed by atoms with Gasteiger partial charge in [0.05, 0.1) is 6.61 Å². The van der Waals surface area contributed by atoms with E-state index in [4.69, 9.17) is 4.74 Å². The Balaban J connectivity index is 2.44. The fourth-order valence-corrected chi connectivity index (χ4v) is 1.59. The average molecular weight is 240 g/mol. The molecule has 4 heteroatoms. The van der Waals surface area contributed by atoms with Crippen molar-refractivity contribution in [2.45, 2.75) is 39.2 Å². The molecular weight excluding hydrogens is 219 g/mol. The number of hydrogen-bond donors (Lipinski definition) is 1. The summed E-state index contributed by atoms with van der Waals surface area (Å²) in [5.74, 6) is -0.230. The summed E-state index contributed by atoms with van der Waals surface area (Å²) in [6, 6.07) is 1.66. The molecule has 0 fully saturated rings. The van der Waals surface area contributed by atoms with Gasteiger partial charge in [0, 0.05) is 18.3 Å². The largest absolute Gasteiger partial charge is 0.476 e. The number of ether oxygens (including phenoxy) is 1. The van der Waals surface area contributed by atoms with Crippen LogP contribution in [0.4, 0.5) is 4.39 Å². The fourth-order valence-electron chi connectivity index (χ4n) is 1.59. The number of aromatic nitrogens is 1. The summed E-state index contributed by atoms with van der Waals surface area (Å²) in [5.41, 5.74) is 0.589. The molecule has 0 amide bonds. The number of halogens is 1. The van der Waals surface area contributed by atoms with Gasteiger partial charge in [0.1, 0.15) is 0 Å². The zero-order valence-corrected chi connectivity index (χ0v) is 10.6. The molecule has 0 spiro atoms. The van der Waals surface area contributed by atoms with Gasteiger partial charge in [-0.25, -0.2) is 9.37 Å². The Morgan fingerprint density at radius 2 is 2.18 bits per heavy atom. The van der Waals surface area contributed by atoms with Crippen molar-refractivity contribution >= 4 is 0 Å². The molecule has 0 radical (unpaired) electrons. The van der Waals surface area contributed by atoms with Gasteiger partial charge >= 0.3 is 0 Å². The van der Waals surface area contributed by atoms with E-state index in [1.54, 1.807) is 19.3 Å². The number of hydrogen-bond acceptors (Lipinski definition) is 3. The second-order valence-electron chi connectivity index (χ2n) is 4.03. The van der Waals surface area contributed by atoms with Crippen molar-refractivity contribution in [2.75, 3.05) is 13.7 Å². The number of nitrogens with zero attached hydrogens (tertiary/aromatic N) is 1. The molecule has 0 atom stereocenters. The van der Waals surface area contributed by atoms with Crippen molar-refractivity contribution in [3.8, 4) is 5.88 Å². The highest BCUT2D eigenvalue weighted by Crippen LogP contribution is 2.17. The minimum Gasteiger partial charge on any atom is -0.476 e. The van der Waals surface area contributed by atoms with Crippen LogP contribution in [0.2, 0.25) is 0 Å². The molecule has 1 aromatic heterocycles. The summed E-state index contributed by atoms with van der Waals surface area (Å²) < 4.78 is 19.2. The highest BCUT2D eigenvalue weighted by atomic mass is 19.1. The van der Waals surface area contributed by atoms with Crippen LogP contribution in [0.3, 0.4) is 0 Å². The van der Waals surface area contributed by atoms with E-state index in [2.05, 4.69) is 17.2 Å². The van der Waals surface area contributed by atoms with Gasteiger partial charge in [0.25, 0.3) is 5.88 Å². The lowest BCUT2D eigenvalue weighted by atomic mass is 10.2. The molecule has 0 bridgehead atoms. The second kappa shape index (κ2) is 8.01. The van der Waals surface area contributed by atoms with Crippen LogP contribution in [0.15, 0.2) is 12.3 Å². The number of pyridine rings is 1. The summed E-state index contributed by atoms with van der Waals surface area (Å²) in [6.45, 7) is 3.18. The third-order valence-corrected chi connectivity index (χ3v) is 2.54. The first-order valence-electron chi connectivity index (χ1n) is 6.20. The van der Waals surface area contributed by atoms with Crippen molar-refractivity contribution in [1.82, 2.24) is 10.3 Å². The lowest BCUT2D eigenvalue weighted by Gasteiger charge is -2.08. The lowest BCUT2D eigenvalue weighted by Crippen LogP contribution is -2.09. The molecule has 0 aromatic carbocycles. The highest BCUT2D eigenvalue weighted by molar-refractivity contribution is 5.23. The first-order valence-corrected chi connectivity index (χ1v) is 6.20. The minimum absolute atomic E-state index is 0.120. The summed E-state index contributed by atoms with van der Waals surface area (Å²) >= 11 is 0. The third kappa shape index (κ3) is 4.69. The van der Waals surface area contributed by atoms with Crippen molar-refractivity contribution in [2.24, 2.45) is 0 Å². The van der Waals surface area contributed by atoms with Crippen LogP contribution < -0.4 is 10.1 Å². The summed E-state index contributed by atoms with van der Waals surface area (Å²) in [7, 11) is 1.78. The molecule has 0 aliphatic carbocycles. The van der Waals surface area contributed by atoms with Gasteiger partial charge in [-0.2, -0.15) is 0 Å². The van der Waals surface area contributed by atoms with Crippen LogP contribution in [0.25, 0.3) is 0 Å². The SMILES string of the molecule is CCCCCCOc1nccc(CNC)c1F. The van der Waals surface area contributed by atoms with E-state index < -0.39 is 0 Å². The first-order chi connectivity index (χ1) is 8.29. The maximum absolute atomic E-state index is 13.8. The predicted molar refractivity (Wildman–Crippen MR) is 66.6 cm³/mol. The molecule has 0 saturated heterocycles. The third-order valence-electron chi connectivity index (χ3n) is 2.54. The molecule has 0 aliphatic heterocycles. The van der Waals surface area contributed by atoms with E-state index in [1.165, 1.54) is 12.8 Å². The number of unbranched alkanes of at least 4 members (excludes halogenated alkanes) is 3. The van der Waals surface area contributed by atoms with Crippen LogP contribution >= 0.6 is 0 Å². The fraction of sp³-hybridized carbons (Fsp3) is 0.615. The monoisotopic (exact) mass is 240 g/mol. The van der Waals surface area contributed by atoms with Crippen LogP contribution in [0.5, 0.6) is 5.88 Å². The summed E-state index contributed by atoms with van der Waals surface area (Å²) in [6.07, 6.45) is 6.03. The smallest absolute Gasteiger partial charge is 0.250 e. The van der Waals surface area contributed by atoms with E-state index in [0.717, 1.165) is 12.8 Å². The quantitative estimate of drug-likeness (QED) is 0.709. The van der Waals surface area contributed by atoms with Gasteiger partial charge < -0.3 is 10.1 Å². The highest BCUT2D eigenvalue weighted by Gasteiger charge is 2.09. The molecule has 1 aromatic rings. The average Bonchev–Trinajstić information content (AvgIpc) is 2.33. The molecular formula is C13H21FN2O. The maximum atomic E-state index is 13.8. The molecule has 1 heterocycles. The Hall–Kier alpha value is -1.16. The predicted octanol–water partition coefficient (Wildman–Crippen LogP) is 2.90. The standard InChI is InChI=1S/C13H21FN2O/c1-3-4-5-6-9-17-13-12(14)11(10-15-2)7-8-16-13/h7-8,15H,3-6,9-10H2,1-2H3. The van der Waals surface area contributed by atoms with E-state index >= 15 is 0 Å². The molecule has 1 rings (SSSR count). The van der Waals surface area contributed by atoms with Gasteiger partial charge in [0.15, 0.2) is 5.82 Å². The van der Waals surface area contributed by atoms with Crippen LogP contribution in [0.1, 0.15) is 38.2 Å². The summed E-state index contributed by atoms with van der Waals surface area (Å²) in [4.78, 5) is 3.91. The number of nitrogens with one attached hydrogen (secondary N) is 1. The molecule has 0 saturated carbocycles. The van der Waals surface area contributed by atoms with Crippen LogP contribution in [-0.2, 0) is 6.54 Å². The normalized spacial score (nSPS) is 10.5. The zero-order valence-electron chi connectivity index (χ0n) is 10.6. The van der Waals surface area contributed by atoms with Crippen LogP contribution in [0, 0.1) is 5.82 Å². The van der Waals surface area contributed by atoms with E-state index in [9.17, 15) is 4.39 Å². The Kier molecular flexibility index (Phi) is 6.55. The first kappa shape index (κ1) is 13.9. The molecule has 0 aliphatic rings. The topological polar surface area (TPSA) is 34.1 Å². The lowest BCUT2D eigenvalue weighted by molar-refractivity contribution is 0.277. The Labute approximate surface area is 102 Å². The summed E-state index contributed by atoms with van der Waals surface area (Å²) in [5, 5.41) is 2.91. The molecule has 96 valence electrons. The van der Waals surface area contributed by atoms with Crippen LogP contribution in [-0.4, -0.2) is 18.6 Å². The molecule has 3 nitrogen and oxygen atoms in total. The number of rotatable bonds is 8. The molecule has 0 unspecified atom stereocenters. The minimum atomic E-state index is -0.350. The zero-order chi connectivity index (χ0) is 12.5. The maximum Gasteiger partial charge on any atom is 0.250 e. The van der Waals surface area contributed by atoms with Crippen molar-refractivity contribution in [3.63, 3.8) is 0 Å². The van der Waals surface area contributed by atoms with E-state index in [1.807, 2.05) is 0 Å². The molecule has 1 N–H and O–H groups in total. The molecule has 17 heavy (non-hydrogen) atoms. The van der Waals surface area contributed by atoms with Gasteiger partial charge in [-0.15, -0.1) is 0 Å². The van der Waals surface area contributed by atoms with Gasteiger partial charge in [-0.3, -0.25) is 0 Å². The Morgan fingerprint density at radius 1 is 1.35 bits per heavy atom. The van der Waals surface area contributed by atoms with E-state index in [0.29, 0.717) is 18.7 Å². The van der Waals surface area contributed by atoms with Gasteiger partial charge in [-0.05, 0) is 19.5 Å². The van der Waals surface area contributed by atoms with Crippen molar-refractivity contribution in [3.05, 3.63) is 23.6 Å². The Bertz CT molecular complexity index is 331. The van der Waals surface area contributed by atoms with E-state index in [-0.39, 0.29) is 11.7 Å². The van der Waals surface area contributed by atoms with Crippen molar-refractivity contribution < 1.29 is 9.13 Å². The Morgan fingerprint density at radius 3 is 2.88 bits per heavy atom. The van der Waals surface area contributed by atoms with Crippen molar-refractivity contribution in [1.29, 1.82) is 0 Å². The van der Waals surface area contributed by atoms with Gasteiger partial charge in [-0.1, -0.05) is 26.2 Å². The van der Waals surface area contributed by atoms with Gasteiger partial charge in [0.2, 0.25) is 0 Å². The second-order valence-corrected chi connectivity index (χ2v) is 4.03.